The zero-order valence-electron chi connectivity index (χ0n) is 10.3. The molecule has 1 aliphatic rings. The van der Waals surface area contributed by atoms with Crippen molar-refractivity contribution < 1.29 is 19.1 Å². The number of Topliss-reactive ketones (excluding diaryl/α,β-unsaturated/α-hetero) is 1. The van der Waals surface area contributed by atoms with E-state index in [9.17, 15) is 9.59 Å². The molecule has 1 aromatic carbocycles. The third-order valence-corrected chi connectivity index (χ3v) is 2.95. The lowest BCUT2D eigenvalue weighted by Gasteiger charge is -2.18. The minimum atomic E-state index is -0.515. The maximum atomic E-state index is 12.2. The van der Waals surface area contributed by atoms with E-state index in [1.54, 1.807) is 24.3 Å². The Morgan fingerprint density at radius 1 is 1.06 bits per heavy atom. The number of ketones is 2. The highest BCUT2D eigenvalue weighted by Gasteiger charge is 2.26. The number of methoxy groups -OCH3 is 2. The number of carbonyl (C=O) groups excluding carboxylic acids is 2. The van der Waals surface area contributed by atoms with Gasteiger partial charge in [-0.15, -0.1) is 0 Å². The summed E-state index contributed by atoms with van der Waals surface area (Å²) in [6.45, 7) is 0. The summed E-state index contributed by atoms with van der Waals surface area (Å²) in [5.74, 6) is -0.282. The van der Waals surface area contributed by atoms with E-state index in [0.29, 0.717) is 16.7 Å². The van der Waals surface area contributed by atoms with Gasteiger partial charge in [0.15, 0.2) is 17.9 Å². The van der Waals surface area contributed by atoms with Crippen LogP contribution in [0.2, 0.25) is 0 Å². The topological polar surface area (TPSA) is 52.6 Å². The lowest BCUT2D eigenvalue weighted by Crippen LogP contribution is -2.22. The lowest BCUT2D eigenvalue weighted by molar-refractivity contribution is -0.0998. The van der Waals surface area contributed by atoms with Crippen LogP contribution in [-0.2, 0) is 9.47 Å². The number of hydrogen-bond donors (Lipinski definition) is 0. The predicted octanol–water partition coefficient (Wildman–Crippen LogP) is 2.00. The van der Waals surface area contributed by atoms with Gasteiger partial charge in [0.25, 0.3) is 0 Å². The molecule has 18 heavy (non-hydrogen) atoms. The molecule has 0 saturated carbocycles. The fourth-order valence-electron chi connectivity index (χ4n) is 1.96. The average molecular weight is 246 g/mol. The highest BCUT2D eigenvalue weighted by atomic mass is 16.7. The molecule has 0 bridgehead atoms. The smallest absolute Gasteiger partial charge is 0.190 e. The summed E-state index contributed by atoms with van der Waals surface area (Å²) in [6.07, 6.45) is 1.12. The fourth-order valence-corrected chi connectivity index (χ4v) is 1.96. The molecule has 1 aliphatic carbocycles. The normalized spacial score (nSPS) is 14.7. The largest absolute Gasteiger partial charge is 0.356 e. The van der Waals surface area contributed by atoms with Crippen molar-refractivity contribution in [1.82, 2.24) is 0 Å². The number of rotatable bonds is 4. The predicted molar refractivity (Wildman–Crippen MR) is 65.6 cm³/mol. The van der Waals surface area contributed by atoms with E-state index in [1.165, 1.54) is 20.3 Å². The Labute approximate surface area is 105 Å². The second-order valence-corrected chi connectivity index (χ2v) is 4.01. The quantitative estimate of drug-likeness (QED) is 0.762. The first-order valence-corrected chi connectivity index (χ1v) is 5.61. The van der Waals surface area contributed by atoms with Crippen molar-refractivity contribution in [3.63, 3.8) is 0 Å². The summed E-state index contributed by atoms with van der Waals surface area (Å²) in [4.78, 5) is 24.1. The maximum Gasteiger partial charge on any atom is 0.190 e. The number of ether oxygens (including phenoxy) is 2. The van der Waals surface area contributed by atoms with E-state index in [2.05, 4.69) is 0 Å². The van der Waals surface area contributed by atoms with Gasteiger partial charge in [-0.1, -0.05) is 24.3 Å². The van der Waals surface area contributed by atoms with Crippen LogP contribution >= 0.6 is 0 Å². The summed E-state index contributed by atoms with van der Waals surface area (Å²) in [5, 5.41) is 0. The van der Waals surface area contributed by atoms with Gasteiger partial charge in [-0.25, -0.2) is 0 Å². The molecule has 0 heterocycles. The third kappa shape index (κ3) is 2.25. The zero-order chi connectivity index (χ0) is 13.1. The van der Waals surface area contributed by atoms with Gasteiger partial charge in [-0.3, -0.25) is 9.59 Å². The molecule has 94 valence electrons. The molecule has 4 nitrogen and oxygen atoms in total. The van der Waals surface area contributed by atoms with Crippen LogP contribution in [0.25, 0.3) is 0 Å². The van der Waals surface area contributed by atoms with Crippen LogP contribution in [0.4, 0.5) is 0 Å². The number of fused-ring (bicyclic) bond motifs is 1. The fraction of sp³-hybridized carbons (Fsp3) is 0.286. The molecular formula is C14H14O4. The molecule has 2 rings (SSSR count). The summed E-state index contributed by atoms with van der Waals surface area (Å²) >= 11 is 0. The van der Waals surface area contributed by atoms with Gasteiger partial charge in [0, 0.05) is 37.3 Å². The second kappa shape index (κ2) is 5.25. The lowest BCUT2D eigenvalue weighted by atomic mass is 9.88. The molecule has 0 N–H and O–H groups in total. The molecule has 0 aliphatic heterocycles. The van der Waals surface area contributed by atoms with E-state index in [4.69, 9.17) is 9.47 Å². The summed E-state index contributed by atoms with van der Waals surface area (Å²) in [7, 11) is 3.00. The Hall–Kier alpha value is -1.78. The monoisotopic (exact) mass is 246 g/mol. The first-order valence-electron chi connectivity index (χ1n) is 5.61. The van der Waals surface area contributed by atoms with E-state index in [1.807, 2.05) is 0 Å². The van der Waals surface area contributed by atoms with Gasteiger partial charge in [0.2, 0.25) is 0 Å². The molecule has 0 saturated heterocycles. The standard InChI is InChI=1S/C14H14O4/c1-17-13(18-2)8-9-7-12(15)10-5-3-4-6-11(10)14(9)16/h3-7,13H,8H2,1-2H3. The molecular weight excluding hydrogens is 232 g/mol. The van der Waals surface area contributed by atoms with Crippen molar-refractivity contribution in [3.05, 3.63) is 47.0 Å². The first-order chi connectivity index (χ1) is 8.67. The molecule has 0 atom stereocenters. The van der Waals surface area contributed by atoms with Crippen molar-refractivity contribution in [2.45, 2.75) is 12.7 Å². The van der Waals surface area contributed by atoms with Crippen molar-refractivity contribution in [1.29, 1.82) is 0 Å². The molecule has 0 unspecified atom stereocenters. The number of allylic oxidation sites excluding steroid dienone is 1. The van der Waals surface area contributed by atoms with Gasteiger partial charge in [-0.05, 0) is 6.08 Å². The van der Waals surface area contributed by atoms with Crippen LogP contribution < -0.4 is 0 Å². The second-order valence-electron chi connectivity index (χ2n) is 4.01. The number of hydrogen-bond acceptors (Lipinski definition) is 4. The van der Waals surface area contributed by atoms with Crippen LogP contribution in [0, 0.1) is 0 Å². The summed E-state index contributed by atoms with van der Waals surface area (Å²) in [5.41, 5.74) is 1.33. The molecule has 0 amide bonds. The van der Waals surface area contributed by atoms with Gasteiger partial charge in [-0.2, -0.15) is 0 Å². The average Bonchev–Trinajstić information content (AvgIpc) is 2.41. The third-order valence-electron chi connectivity index (χ3n) is 2.95. The minimum absolute atomic E-state index is 0.135. The number of carbonyl (C=O) groups is 2. The molecule has 0 fully saturated rings. The Kier molecular flexibility index (Phi) is 3.69. The maximum absolute atomic E-state index is 12.2. The molecule has 0 aromatic heterocycles. The highest BCUT2D eigenvalue weighted by Crippen LogP contribution is 2.24. The Morgan fingerprint density at radius 2 is 1.67 bits per heavy atom. The van der Waals surface area contributed by atoms with Crippen molar-refractivity contribution >= 4 is 11.6 Å². The number of benzene rings is 1. The van der Waals surface area contributed by atoms with Crippen LogP contribution in [-0.4, -0.2) is 32.1 Å². The van der Waals surface area contributed by atoms with Crippen molar-refractivity contribution in [2.24, 2.45) is 0 Å². The van der Waals surface area contributed by atoms with E-state index in [0.717, 1.165) is 0 Å². The van der Waals surface area contributed by atoms with Crippen molar-refractivity contribution in [2.75, 3.05) is 14.2 Å². The minimum Gasteiger partial charge on any atom is -0.356 e. The SMILES string of the molecule is COC(CC1=CC(=O)c2ccccc2C1=O)OC. The Morgan fingerprint density at radius 3 is 2.28 bits per heavy atom. The molecule has 1 aromatic rings. The first kappa shape index (κ1) is 12.7. The van der Waals surface area contributed by atoms with Gasteiger partial charge >= 0.3 is 0 Å². The van der Waals surface area contributed by atoms with Gasteiger partial charge in [0.05, 0.1) is 0 Å². The molecule has 4 heteroatoms. The Bertz CT molecular complexity index is 512. The summed E-state index contributed by atoms with van der Waals surface area (Å²) in [6, 6.07) is 6.82. The van der Waals surface area contributed by atoms with Crippen LogP contribution in [0.15, 0.2) is 35.9 Å². The van der Waals surface area contributed by atoms with E-state index >= 15 is 0 Å². The Balaban J connectivity index is 2.31. The van der Waals surface area contributed by atoms with Crippen molar-refractivity contribution in [3.8, 4) is 0 Å². The van der Waals surface area contributed by atoms with E-state index in [-0.39, 0.29) is 18.0 Å². The van der Waals surface area contributed by atoms with Gasteiger partial charge in [0.1, 0.15) is 0 Å². The van der Waals surface area contributed by atoms with Crippen LogP contribution in [0.5, 0.6) is 0 Å². The molecule has 0 spiro atoms. The van der Waals surface area contributed by atoms with Crippen LogP contribution in [0.3, 0.4) is 0 Å². The van der Waals surface area contributed by atoms with Gasteiger partial charge < -0.3 is 9.47 Å². The highest BCUT2D eigenvalue weighted by molar-refractivity contribution is 6.24. The van der Waals surface area contributed by atoms with Crippen LogP contribution in [0.1, 0.15) is 27.1 Å². The summed E-state index contributed by atoms with van der Waals surface area (Å²) < 4.78 is 10.1. The molecule has 0 radical (unpaired) electrons. The van der Waals surface area contributed by atoms with E-state index < -0.39 is 6.29 Å². The zero-order valence-corrected chi connectivity index (χ0v) is 10.3.